The molecule has 0 saturated carbocycles. The van der Waals surface area contributed by atoms with Gasteiger partial charge in [0, 0.05) is 37.6 Å². The second-order valence-electron chi connectivity index (χ2n) is 6.77. The molecule has 2 atom stereocenters. The van der Waals surface area contributed by atoms with Crippen molar-refractivity contribution in [2.24, 2.45) is 17.8 Å². The predicted molar refractivity (Wildman–Crippen MR) is 83.7 cm³/mol. The maximum atomic E-state index is 4.54. The van der Waals surface area contributed by atoms with Gasteiger partial charge in [-0.2, -0.15) is 0 Å². The quantitative estimate of drug-likeness (QED) is 0.898. The maximum Gasteiger partial charge on any atom is 0.225 e. The van der Waals surface area contributed by atoms with E-state index in [9.17, 15) is 0 Å². The summed E-state index contributed by atoms with van der Waals surface area (Å²) in [6.07, 6.45) is 5.23. The largest absolute Gasteiger partial charge is 0.340 e. The van der Waals surface area contributed by atoms with Gasteiger partial charge in [0.2, 0.25) is 5.95 Å². The van der Waals surface area contributed by atoms with Crippen LogP contribution in [0.5, 0.6) is 0 Å². The third-order valence-electron chi connectivity index (χ3n) is 3.73. The molecule has 1 aromatic rings. The molecular weight excluding hydrogens is 248 g/mol. The molecule has 0 spiro atoms. The van der Waals surface area contributed by atoms with E-state index in [0.29, 0.717) is 5.92 Å². The highest BCUT2D eigenvalue weighted by atomic mass is 15.3. The van der Waals surface area contributed by atoms with Crippen molar-refractivity contribution in [3.8, 4) is 0 Å². The molecule has 0 aliphatic carbocycles. The Balaban J connectivity index is 1.90. The van der Waals surface area contributed by atoms with Gasteiger partial charge in [0.15, 0.2) is 0 Å². The number of hydrogen-bond donors (Lipinski definition) is 1. The van der Waals surface area contributed by atoms with Gasteiger partial charge >= 0.3 is 0 Å². The summed E-state index contributed by atoms with van der Waals surface area (Å²) in [6, 6.07) is 0. The molecule has 20 heavy (non-hydrogen) atoms. The van der Waals surface area contributed by atoms with Crippen molar-refractivity contribution >= 4 is 5.95 Å². The molecule has 2 rings (SSSR count). The van der Waals surface area contributed by atoms with Gasteiger partial charge < -0.3 is 10.2 Å². The summed E-state index contributed by atoms with van der Waals surface area (Å²) in [6.45, 7) is 13.1. The van der Waals surface area contributed by atoms with Crippen LogP contribution < -0.4 is 10.2 Å². The van der Waals surface area contributed by atoms with Gasteiger partial charge in [-0.15, -0.1) is 0 Å². The highest BCUT2D eigenvalue weighted by Crippen LogP contribution is 2.23. The van der Waals surface area contributed by atoms with E-state index in [-0.39, 0.29) is 0 Å². The van der Waals surface area contributed by atoms with Gasteiger partial charge in [0.1, 0.15) is 0 Å². The minimum absolute atomic E-state index is 0.673. The Hall–Kier alpha value is -1.16. The highest BCUT2D eigenvalue weighted by molar-refractivity contribution is 5.31. The van der Waals surface area contributed by atoms with E-state index in [1.165, 1.54) is 6.42 Å². The third kappa shape index (κ3) is 4.44. The SMILES string of the molecule is CC(C)CNCc1cnc(N2CC(C)CC(C)C2)nc1. The minimum atomic E-state index is 0.673. The van der Waals surface area contributed by atoms with Crippen LogP contribution >= 0.6 is 0 Å². The van der Waals surface area contributed by atoms with Gasteiger partial charge in [-0.25, -0.2) is 9.97 Å². The summed E-state index contributed by atoms with van der Waals surface area (Å²) >= 11 is 0. The zero-order valence-electron chi connectivity index (χ0n) is 13.3. The Bertz CT molecular complexity index is 391. The number of aromatic nitrogens is 2. The highest BCUT2D eigenvalue weighted by Gasteiger charge is 2.23. The van der Waals surface area contributed by atoms with Crippen LogP contribution in [0.4, 0.5) is 5.95 Å². The van der Waals surface area contributed by atoms with Crippen molar-refractivity contribution in [3.63, 3.8) is 0 Å². The lowest BCUT2D eigenvalue weighted by Crippen LogP contribution is -2.39. The van der Waals surface area contributed by atoms with Gasteiger partial charge in [0.05, 0.1) is 0 Å². The van der Waals surface area contributed by atoms with Crippen LogP contribution in [0.2, 0.25) is 0 Å². The lowest BCUT2D eigenvalue weighted by Gasteiger charge is -2.34. The summed E-state index contributed by atoms with van der Waals surface area (Å²) in [5, 5.41) is 3.42. The van der Waals surface area contributed by atoms with Crippen molar-refractivity contribution in [3.05, 3.63) is 18.0 Å². The van der Waals surface area contributed by atoms with Gasteiger partial charge in [-0.3, -0.25) is 0 Å². The first-order valence-electron chi connectivity index (χ1n) is 7.81. The van der Waals surface area contributed by atoms with Crippen LogP contribution in [-0.2, 0) is 6.54 Å². The Morgan fingerprint density at radius 2 is 1.80 bits per heavy atom. The third-order valence-corrected chi connectivity index (χ3v) is 3.73. The molecule has 0 radical (unpaired) electrons. The molecule has 1 N–H and O–H groups in total. The Morgan fingerprint density at radius 1 is 1.20 bits per heavy atom. The van der Waals surface area contributed by atoms with E-state index in [1.54, 1.807) is 0 Å². The summed E-state index contributed by atoms with van der Waals surface area (Å²) in [5.74, 6) is 3.02. The smallest absolute Gasteiger partial charge is 0.225 e. The first-order chi connectivity index (χ1) is 9.54. The zero-order chi connectivity index (χ0) is 14.5. The molecule has 1 aliphatic rings. The molecule has 0 amide bonds. The molecule has 4 nitrogen and oxygen atoms in total. The number of nitrogens with one attached hydrogen (secondary N) is 1. The molecular formula is C16H28N4. The van der Waals surface area contributed by atoms with Crippen LogP contribution in [0.15, 0.2) is 12.4 Å². The normalized spacial score (nSPS) is 23.4. The summed E-state index contributed by atoms with van der Waals surface area (Å²) in [5.41, 5.74) is 1.16. The fourth-order valence-electron chi connectivity index (χ4n) is 2.93. The van der Waals surface area contributed by atoms with Crippen LogP contribution in [0.25, 0.3) is 0 Å². The van der Waals surface area contributed by atoms with E-state index in [4.69, 9.17) is 0 Å². The average molecular weight is 276 g/mol. The van der Waals surface area contributed by atoms with E-state index in [0.717, 1.165) is 49.5 Å². The number of nitrogens with zero attached hydrogens (tertiary/aromatic N) is 3. The van der Waals surface area contributed by atoms with Crippen molar-refractivity contribution < 1.29 is 0 Å². The summed E-state index contributed by atoms with van der Waals surface area (Å²) in [4.78, 5) is 11.4. The Kier molecular flexibility index (Phi) is 5.35. The van der Waals surface area contributed by atoms with Crippen LogP contribution in [0, 0.1) is 17.8 Å². The number of piperidine rings is 1. The van der Waals surface area contributed by atoms with Crippen molar-refractivity contribution in [2.45, 2.75) is 40.7 Å². The molecule has 112 valence electrons. The molecule has 1 aliphatic heterocycles. The topological polar surface area (TPSA) is 41.1 Å². The fraction of sp³-hybridized carbons (Fsp3) is 0.750. The Morgan fingerprint density at radius 3 is 2.35 bits per heavy atom. The van der Waals surface area contributed by atoms with E-state index in [1.807, 2.05) is 12.4 Å². The van der Waals surface area contributed by atoms with Gasteiger partial charge in [-0.05, 0) is 30.7 Å². The van der Waals surface area contributed by atoms with Gasteiger partial charge in [0.25, 0.3) is 0 Å². The maximum absolute atomic E-state index is 4.54. The van der Waals surface area contributed by atoms with Crippen LogP contribution in [0.1, 0.15) is 39.7 Å². The van der Waals surface area contributed by atoms with Crippen molar-refractivity contribution in [2.75, 3.05) is 24.5 Å². The van der Waals surface area contributed by atoms with E-state index in [2.05, 4.69) is 47.9 Å². The predicted octanol–water partition coefficient (Wildman–Crippen LogP) is 2.70. The monoisotopic (exact) mass is 276 g/mol. The number of anilines is 1. The number of rotatable bonds is 5. The fourth-order valence-corrected chi connectivity index (χ4v) is 2.93. The molecule has 0 bridgehead atoms. The molecule has 2 heterocycles. The van der Waals surface area contributed by atoms with Crippen molar-refractivity contribution in [1.82, 2.24) is 15.3 Å². The van der Waals surface area contributed by atoms with E-state index < -0.39 is 0 Å². The standard InChI is InChI=1S/C16H28N4/c1-12(2)6-17-7-15-8-18-16(19-9-15)20-10-13(3)5-14(4)11-20/h8-9,12-14,17H,5-7,10-11H2,1-4H3. The van der Waals surface area contributed by atoms with Crippen molar-refractivity contribution in [1.29, 1.82) is 0 Å². The van der Waals surface area contributed by atoms with Crippen LogP contribution in [-0.4, -0.2) is 29.6 Å². The molecule has 0 aromatic carbocycles. The summed E-state index contributed by atoms with van der Waals surface area (Å²) < 4.78 is 0. The lowest BCUT2D eigenvalue weighted by atomic mass is 9.92. The lowest BCUT2D eigenvalue weighted by molar-refractivity contribution is 0.353. The Labute approximate surface area is 123 Å². The zero-order valence-corrected chi connectivity index (χ0v) is 13.3. The van der Waals surface area contributed by atoms with Crippen LogP contribution in [0.3, 0.4) is 0 Å². The first-order valence-corrected chi connectivity index (χ1v) is 7.81. The molecule has 4 heteroatoms. The number of hydrogen-bond acceptors (Lipinski definition) is 4. The molecule has 2 unspecified atom stereocenters. The molecule has 1 saturated heterocycles. The second kappa shape index (κ2) is 7.02. The van der Waals surface area contributed by atoms with Gasteiger partial charge in [-0.1, -0.05) is 27.7 Å². The second-order valence-corrected chi connectivity index (χ2v) is 6.77. The first kappa shape index (κ1) is 15.2. The summed E-state index contributed by atoms with van der Waals surface area (Å²) in [7, 11) is 0. The molecule has 1 fully saturated rings. The van der Waals surface area contributed by atoms with E-state index >= 15 is 0 Å². The average Bonchev–Trinajstić information content (AvgIpc) is 2.38. The minimum Gasteiger partial charge on any atom is -0.340 e. The molecule has 1 aromatic heterocycles.